The van der Waals surface area contributed by atoms with Crippen molar-refractivity contribution in [3.05, 3.63) is 101 Å². The number of aryl methyl sites for hydroxylation is 1. The van der Waals surface area contributed by atoms with Gasteiger partial charge in [0.1, 0.15) is 17.6 Å². The minimum Gasteiger partial charge on any atom is -0.507 e. The molecule has 2 heterocycles. The highest BCUT2D eigenvalue weighted by Gasteiger charge is 2.47. The number of benzene rings is 3. The summed E-state index contributed by atoms with van der Waals surface area (Å²) in [7, 11) is 0. The summed E-state index contributed by atoms with van der Waals surface area (Å²) in [5.41, 5.74) is 4.12. The highest BCUT2D eigenvalue weighted by atomic mass is 16.5. The Kier molecular flexibility index (Phi) is 5.25. The zero-order valence-electron chi connectivity index (χ0n) is 18.6. The summed E-state index contributed by atoms with van der Waals surface area (Å²) in [6, 6.07) is 21.6. The number of ether oxygens (including phenoxy) is 1. The van der Waals surface area contributed by atoms with E-state index < -0.39 is 17.7 Å². The van der Waals surface area contributed by atoms with Crippen molar-refractivity contribution in [2.75, 3.05) is 4.90 Å². The molecular weight excluding hydrogens is 414 g/mol. The molecule has 0 saturated carbocycles. The van der Waals surface area contributed by atoms with Gasteiger partial charge in [0.15, 0.2) is 0 Å². The first-order valence-corrected chi connectivity index (χ1v) is 11.2. The molecule has 0 aromatic heterocycles. The van der Waals surface area contributed by atoms with E-state index in [1.807, 2.05) is 61.5 Å². The van der Waals surface area contributed by atoms with Crippen LogP contribution in [0.4, 0.5) is 5.69 Å². The number of nitrogens with zero attached hydrogens (tertiary/aromatic N) is 1. The Bertz CT molecular complexity index is 1260. The molecule has 0 bridgehead atoms. The molecule has 0 aliphatic carbocycles. The molecule has 3 aromatic carbocycles. The molecule has 1 amide bonds. The molecule has 2 unspecified atom stereocenters. The molecule has 2 atom stereocenters. The van der Waals surface area contributed by atoms with E-state index in [0.29, 0.717) is 11.3 Å². The lowest BCUT2D eigenvalue weighted by molar-refractivity contribution is -0.132. The third-order valence-corrected chi connectivity index (χ3v) is 6.35. The van der Waals surface area contributed by atoms with Gasteiger partial charge in [0.25, 0.3) is 11.7 Å². The van der Waals surface area contributed by atoms with Crippen LogP contribution in [0.1, 0.15) is 42.1 Å². The topological polar surface area (TPSA) is 66.8 Å². The second-order valence-electron chi connectivity index (χ2n) is 8.55. The van der Waals surface area contributed by atoms with Crippen LogP contribution in [0.3, 0.4) is 0 Å². The summed E-state index contributed by atoms with van der Waals surface area (Å²) < 4.78 is 5.77. The van der Waals surface area contributed by atoms with Crippen molar-refractivity contribution in [3.63, 3.8) is 0 Å². The molecule has 166 valence electrons. The molecule has 1 saturated heterocycles. The molecule has 5 nitrogen and oxygen atoms in total. The number of Topliss-reactive ketones (excluding diaryl/α,β-unsaturated/α-hetero) is 1. The highest BCUT2D eigenvalue weighted by molar-refractivity contribution is 6.51. The molecule has 3 aromatic rings. The summed E-state index contributed by atoms with van der Waals surface area (Å²) in [6.07, 6.45) is 1.68. The Balaban J connectivity index is 1.67. The van der Waals surface area contributed by atoms with Gasteiger partial charge in [0, 0.05) is 17.7 Å². The number of ketones is 1. The number of hydrogen-bond acceptors (Lipinski definition) is 4. The van der Waals surface area contributed by atoms with Gasteiger partial charge in [0.2, 0.25) is 0 Å². The van der Waals surface area contributed by atoms with Crippen LogP contribution >= 0.6 is 0 Å². The summed E-state index contributed by atoms with van der Waals surface area (Å²) >= 11 is 0. The summed E-state index contributed by atoms with van der Waals surface area (Å²) in [4.78, 5) is 27.9. The number of fused-ring (bicyclic) bond motifs is 1. The van der Waals surface area contributed by atoms with Crippen molar-refractivity contribution in [2.45, 2.75) is 38.8 Å². The minimum absolute atomic E-state index is 0.0677. The fourth-order valence-corrected chi connectivity index (χ4v) is 4.66. The lowest BCUT2D eigenvalue weighted by atomic mass is 9.93. The maximum absolute atomic E-state index is 13.3. The predicted octanol–water partition coefficient (Wildman–Crippen LogP) is 5.20. The van der Waals surface area contributed by atoms with Crippen LogP contribution in [0.25, 0.3) is 5.76 Å². The van der Waals surface area contributed by atoms with Crippen molar-refractivity contribution < 1.29 is 19.4 Å². The normalized spacial score (nSPS) is 21.2. The molecular formula is C28H25NO4. The third kappa shape index (κ3) is 3.59. The zero-order valence-corrected chi connectivity index (χ0v) is 18.6. The number of aliphatic hydroxyl groups excluding tert-OH is 1. The maximum atomic E-state index is 13.3. The number of rotatable bonds is 4. The van der Waals surface area contributed by atoms with Crippen LogP contribution in [0.5, 0.6) is 5.75 Å². The van der Waals surface area contributed by atoms with E-state index in [9.17, 15) is 14.7 Å². The number of para-hydroxylation sites is 1. The monoisotopic (exact) mass is 439 g/mol. The van der Waals surface area contributed by atoms with Crippen molar-refractivity contribution >= 4 is 23.1 Å². The molecule has 5 heteroatoms. The number of hydrogen-bond donors (Lipinski definition) is 1. The SMILES string of the molecule is CCc1ccc(C2/C(=C(/O)c3ccc4c(c3)CC(C)O4)C(=O)C(=O)N2c2ccccc2)cc1. The molecule has 1 N–H and O–H groups in total. The van der Waals surface area contributed by atoms with E-state index in [2.05, 4.69) is 6.92 Å². The molecule has 1 fully saturated rings. The first kappa shape index (κ1) is 21.0. The quantitative estimate of drug-likeness (QED) is 0.345. The Labute approximate surface area is 192 Å². The van der Waals surface area contributed by atoms with Crippen LogP contribution in [0, 0.1) is 0 Å². The smallest absolute Gasteiger partial charge is 0.300 e. The first-order valence-electron chi connectivity index (χ1n) is 11.2. The van der Waals surface area contributed by atoms with Crippen molar-refractivity contribution in [1.82, 2.24) is 0 Å². The number of amides is 1. The van der Waals surface area contributed by atoms with Gasteiger partial charge in [-0.1, -0.05) is 49.4 Å². The highest BCUT2D eigenvalue weighted by Crippen LogP contribution is 2.42. The summed E-state index contributed by atoms with van der Waals surface area (Å²) in [5.74, 6) is -0.717. The fraction of sp³-hybridized carbons (Fsp3) is 0.214. The van der Waals surface area contributed by atoms with Gasteiger partial charge in [0.05, 0.1) is 11.6 Å². The summed E-state index contributed by atoms with van der Waals surface area (Å²) in [5, 5.41) is 11.3. The van der Waals surface area contributed by atoms with Crippen LogP contribution in [0.2, 0.25) is 0 Å². The van der Waals surface area contributed by atoms with Gasteiger partial charge in [-0.05, 0) is 60.4 Å². The average molecular weight is 440 g/mol. The Morgan fingerprint density at radius 1 is 1.03 bits per heavy atom. The largest absolute Gasteiger partial charge is 0.507 e. The lowest BCUT2D eigenvalue weighted by Crippen LogP contribution is -2.29. The van der Waals surface area contributed by atoms with Gasteiger partial charge in [-0.15, -0.1) is 0 Å². The maximum Gasteiger partial charge on any atom is 0.300 e. The Morgan fingerprint density at radius 2 is 1.76 bits per heavy atom. The van der Waals surface area contributed by atoms with E-state index >= 15 is 0 Å². The van der Waals surface area contributed by atoms with Crippen molar-refractivity contribution in [1.29, 1.82) is 0 Å². The van der Waals surface area contributed by atoms with Crippen LogP contribution in [-0.2, 0) is 22.4 Å². The van der Waals surface area contributed by atoms with E-state index in [4.69, 9.17) is 4.74 Å². The van der Waals surface area contributed by atoms with Crippen LogP contribution in [0.15, 0.2) is 78.4 Å². The van der Waals surface area contributed by atoms with Gasteiger partial charge in [-0.25, -0.2) is 0 Å². The average Bonchev–Trinajstić information content (AvgIpc) is 3.34. The number of aliphatic hydroxyl groups is 1. The first-order chi connectivity index (χ1) is 16.0. The van der Waals surface area contributed by atoms with Crippen LogP contribution < -0.4 is 9.64 Å². The fourth-order valence-electron chi connectivity index (χ4n) is 4.66. The van der Waals surface area contributed by atoms with Crippen molar-refractivity contribution in [3.8, 4) is 5.75 Å². The number of anilines is 1. The molecule has 5 rings (SSSR count). The van der Waals surface area contributed by atoms with Crippen molar-refractivity contribution in [2.24, 2.45) is 0 Å². The number of carbonyl (C=O) groups excluding carboxylic acids is 2. The second-order valence-corrected chi connectivity index (χ2v) is 8.55. The third-order valence-electron chi connectivity index (χ3n) is 6.35. The van der Waals surface area contributed by atoms with Crippen LogP contribution in [-0.4, -0.2) is 22.9 Å². The van der Waals surface area contributed by atoms with E-state index in [0.717, 1.165) is 35.3 Å². The van der Waals surface area contributed by atoms with E-state index in [1.54, 1.807) is 18.2 Å². The van der Waals surface area contributed by atoms with Gasteiger partial charge in [-0.3, -0.25) is 14.5 Å². The van der Waals surface area contributed by atoms with E-state index in [1.165, 1.54) is 4.90 Å². The Morgan fingerprint density at radius 3 is 2.45 bits per heavy atom. The zero-order chi connectivity index (χ0) is 23.1. The Hall–Kier alpha value is -3.86. The molecule has 33 heavy (non-hydrogen) atoms. The lowest BCUT2D eigenvalue weighted by Gasteiger charge is -2.25. The van der Waals surface area contributed by atoms with E-state index in [-0.39, 0.29) is 17.4 Å². The minimum atomic E-state index is -0.721. The molecule has 0 radical (unpaired) electrons. The van der Waals surface area contributed by atoms with Gasteiger partial charge in [-0.2, -0.15) is 0 Å². The van der Waals surface area contributed by atoms with Gasteiger partial charge >= 0.3 is 0 Å². The van der Waals surface area contributed by atoms with Gasteiger partial charge < -0.3 is 9.84 Å². The second kappa shape index (κ2) is 8.24. The standard InChI is InChI=1S/C28H25NO4/c1-3-18-9-11-19(12-10-18)25-24(27(31)28(32)29(25)22-7-5-4-6-8-22)26(30)20-13-14-23-21(16-20)15-17(2)33-23/h4-14,16-17,25,30H,3,15H2,1-2H3/b26-24-. The molecule has 0 spiro atoms. The predicted molar refractivity (Wildman–Crippen MR) is 127 cm³/mol. The summed E-state index contributed by atoms with van der Waals surface area (Å²) in [6.45, 7) is 4.06. The molecule has 2 aliphatic rings. The number of carbonyl (C=O) groups is 2. The molecule has 2 aliphatic heterocycles.